The van der Waals surface area contributed by atoms with Crippen molar-refractivity contribution in [3.8, 4) is 67.5 Å². The van der Waals surface area contributed by atoms with Crippen molar-refractivity contribution < 1.29 is 0 Å². The maximum Gasteiger partial charge on any atom is 0.164 e. The van der Waals surface area contributed by atoms with Gasteiger partial charge < -0.3 is 0 Å². The van der Waals surface area contributed by atoms with E-state index in [4.69, 9.17) is 15.0 Å². The molecule has 0 fully saturated rings. The molecular formula is C51H31N3S2. The highest BCUT2D eigenvalue weighted by Gasteiger charge is 2.19. The van der Waals surface area contributed by atoms with Gasteiger partial charge in [-0.1, -0.05) is 158 Å². The summed E-state index contributed by atoms with van der Waals surface area (Å²) in [5.74, 6) is 1.99. The van der Waals surface area contributed by atoms with Crippen LogP contribution in [0.15, 0.2) is 188 Å². The van der Waals surface area contributed by atoms with Gasteiger partial charge in [0.2, 0.25) is 0 Å². The fourth-order valence-electron chi connectivity index (χ4n) is 7.81. The van der Waals surface area contributed by atoms with Gasteiger partial charge >= 0.3 is 0 Å². The van der Waals surface area contributed by atoms with E-state index >= 15 is 0 Å². The van der Waals surface area contributed by atoms with Crippen molar-refractivity contribution in [3.05, 3.63) is 188 Å². The van der Waals surface area contributed by atoms with Crippen LogP contribution in [0.1, 0.15) is 0 Å². The van der Waals surface area contributed by atoms with Gasteiger partial charge in [0, 0.05) is 62.6 Å². The summed E-state index contributed by atoms with van der Waals surface area (Å²) in [6.07, 6.45) is 0. The zero-order valence-electron chi connectivity index (χ0n) is 30.1. The molecule has 0 radical (unpaired) electrons. The van der Waals surface area contributed by atoms with Crippen molar-refractivity contribution in [1.82, 2.24) is 15.0 Å². The van der Waals surface area contributed by atoms with Crippen LogP contribution in [0.25, 0.3) is 108 Å². The van der Waals surface area contributed by atoms with Crippen LogP contribution in [0.4, 0.5) is 0 Å². The molecule has 0 N–H and O–H groups in total. The predicted octanol–water partition coefficient (Wildman–Crippen LogP) is 14.6. The number of benzene rings is 8. The van der Waals surface area contributed by atoms with Gasteiger partial charge in [0.1, 0.15) is 0 Å². The molecule has 0 spiro atoms. The van der Waals surface area contributed by atoms with Crippen LogP contribution in [-0.2, 0) is 0 Å². The van der Waals surface area contributed by atoms with E-state index in [-0.39, 0.29) is 0 Å². The van der Waals surface area contributed by atoms with Gasteiger partial charge in [-0.05, 0) is 58.1 Å². The summed E-state index contributed by atoms with van der Waals surface area (Å²) >= 11 is 3.71. The molecular weight excluding hydrogens is 719 g/mol. The minimum atomic E-state index is 0.662. The Labute approximate surface area is 331 Å². The summed E-state index contributed by atoms with van der Waals surface area (Å²) in [5, 5.41) is 5.10. The molecule has 0 bridgehead atoms. The van der Waals surface area contributed by atoms with Crippen molar-refractivity contribution in [1.29, 1.82) is 0 Å². The smallest absolute Gasteiger partial charge is 0.164 e. The second-order valence-electron chi connectivity index (χ2n) is 14.0. The van der Waals surface area contributed by atoms with Crippen molar-refractivity contribution in [2.45, 2.75) is 0 Å². The standard InChI is InChI=1S/C51H31N3S2/c1-4-13-32(14-5-1)33-23-25-34(26-24-33)38-29-42-39-19-10-11-21-44(39)56-48(42)43(30-38)40-20-12-22-45-47(40)41-28-27-37(31-46(41)55-45)51-53-49(35-15-6-2-7-16-35)52-50(54-51)36-17-8-3-9-18-36/h1-31H. The van der Waals surface area contributed by atoms with Crippen LogP contribution >= 0.6 is 22.7 Å². The van der Waals surface area contributed by atoms with Gasteiger partial charge in [-0.2, -0.15) is 0 Å². The molecule has 0 amide bonds. The zero-order valence-corrected chi connectivity index (χ0v) is 31.7. The highest BCUT2D eigenvalue weighted by atomic mass is 32.1. The second-order valence-corrected chi connectivity index (χ2v) is 16.1. The first kappa shape index (κ1) is 32.6. The average molecular weight is 750 g/mol. The molecule has 56 heavy (non-hydrogen) atoms. The van der Waals surface area contributed by atoms with Gasteiger partial charge in [-0.3, -0.25) is 0 Å². The first-order chi connectivity index (χ1) is 27.7. The third-order valence-corrected chi connectivity index (χ3v) is 12.9. The number of thiophene rings is 2. The topological polar surface area (TPSA) is 38.7 Å². The summed E-state index contributed by atoms with van der Waals surface area (Å²) in [7, 11) is 0. The Balaban J connectivity index is 1.08. The molecule has 11 aromatic rings. The van der Waals surface area contributed by atoms with Gasteiger partial charge in [0.05, 0.1) is 0 Å². The van der Waals surface area contributed by atoms with Crippen LogP contribution in [0.2, 0.25) is 0 Å². The fraction of sp³-hybridized carbons (Fsp3) is 0. The Morgan fingerprint density at radius 1 is 0.286 bits per heavy atom. The third-order valence-electron chi connectivity index (χ3n) is 10.5. The van der Waals surface area contributed by atoms with E-state index in [1.807, 2.05) is 83.3 Å². The molecule has 0 atom stereocenters. The molecule has 0 aliphatic heterocycles. The predicted molar refractivity (Wildman–Crippen MR) is 238 cm³/mol. The molecule has 0 saturated carbocycles. The molecule has 262 valence electrons. The van der Waals surface area contributed by atoms with E-state index in [0.29, 0.717) is 17.5 Å². The first-order valence-corrected chi connectivity index (χ1v) is 20.3. The highest BCUT2D eigenvalue weighted by molar-refractivity contribution is 7.27. The van der Waals surface area contributed by atoms with Crippen molar-refractivity contribution >= 4 is 63.0 Å². The van der Waals surface area contributed by atoms with E-state index in [1.165, 1.54) is 73.7 Å². The van der Waals surface area contributed by atoms with E-state index < -0.39 is 0 Å². The van der Waals surface area contributed by atoms with Crippen molar-refractivity contribution in [2.75, 3.05) is 0 Å². The van der Waals surface area contributed by atoms with Gasteiger partial charge in [-0.25, -0.2) is 15.0 Å². The van der Waals surface area contributed by atoms with Crippen LogP contribution < -0.4 is 0 Å². The average Bonchev–Trinajstić information content (AvgIpc) is 3.85. The largest absolute Gasteiger partial charge is 0.208 e. The number of fused-ring (bicyclic) bond motifs is 6. The summed E-state index contributed by atoms with van der Waals surface area (Å²) in [5.41, 5.74) is 10.3. The minimum absolute atomic E-state index is 0.662. The van der Waals surface area contributed by atoms with Crippen molar-refractivity contribution in [2.24, 2.45) is 0 Å². The molecule has 11 rings (SSSR count). The van der Waals surface area contributed by atoms with E-state index in [2.05, 4.69) is 127 Å². The SMILES string of the molecule is c1ccc(-c2ccc(-c3cc(-c4cccc5sc6cc(-c7nc(-c8ccccc8)nc(-c8ccccc8)n7)ccc6c45)c4sc5ccccc5c4c3)cc2)cc1. The molecule has 5 heteroatoms. The van der Waals surface area contributed by atoms with Gasteiger partial charge in [-0.15, -0.1) is 22.7 Å². The number of hydrogen-bond acceptors (Lipinski definition) is 5. The molecule has 0 aliphatic carbocycles. The van der Waals surface area contributed by atoms with Gasteiger partial charge in [0.15, 0.2) is 17.5 Å². The lowest BCUT2D eigenvalue weighted by Gasteiger charge is -2.12. The Morgan fingerprint density at radius 3 is 1.50 bits per heavy atom. The lowest BCUT2D eigenvalue weighted by Crippen LogP contribution is -1.99. The number of nitrogens with zero attached hydrogens (tertiary/aromatic N) is 3. The second kappa shape index (κ2) is 13.5. The molecule has 0 saturated heterocycles. The summed E-state index contributed by atoms with van der Waals surface area (Å²) in [4.78, 5) is 15.0. The Hall–Kier alpha value is -6.79. The Bertz CT molecular complexity index is 3170. The third kappa shape index (κ3) is 5.68. The van der Waals surface area contributed by atoms with Crippen LogP contribution in [0.5, 0.6) is 0 Å². The highest BCUT2D eigenvalue weighted by Crippen LogP contribution is 2.47. The van der Waals surface area contributed by atoms with Gasteiger partial charge in [0.25, 0.3) is 0 Å². The number of rotatable bonds is 6. The lowest BCUT2D eigenvalue weighted by atomic mass is 9.93. The van der Waals surface area contributed by atoms with E-state index in [1.54, 1.807) is 0 Å². The first-order valence-electron chi connectivity index (χ1n) is 18.7. The Kier molecular flexibility index (Phi) is 7.87. The summed E-state index contributed by atoms with van der Waals surface area (Å²) in [6.45, 7) is 0. The van der Waals surface area contributed by atoms with E-state index in [9.17, 15) is 0 Å². The number of hydrogen-bond donors (Lipinski definition) is 0. The maximum absolute atomic E-state index is 5.03. The molecule has 3 nitrogen and oxygen atoms in total. The Morgan fingerprint density at radius 2 is 0.821 bits per heavy atom. The minimum Gasteiger partial charge on any atom is -0.208 e. The summed E-state index contributed by atoms with van der Waals surface area (Å²) < 4.78 is 5.07. The van der Waals surface area contributed by atoms with Crippen LogP contribution in [-0.4, -0.2) is 15.0 Å². The fourth-order valence-corrected chi connectivity index (χ4v) is 10.2. The number of aromatic nitrogens is 3. The molecule has 3 heterocycles. The van der Waals surface area contributed by atoms with Crippen LogP contribution in [0.3, 0.4) is 0 Å². The summed E-state index contributed by atoms with van der Waals surface area (Å²) in [6, 6.07) is 66.9. The van der Waals surface area contributed by atoms with E-state index in [0.717, 1.165) is 16.7 Å². The molecule has 0 unspecified atom stereocenters. The lowest BCUT2D eigenvalue weighted by molar-refractivity contribution is 1.07. The maximum atomic E-state index is 5.03. The molecule has 8 aromatic carbocycles. The zero-order chi connectivity index (χ0) is 37.0. The van der Waals surface area contributed by atoms with Crippen molar-refractivity contribution in [3.63, 3.8) is 0 Å². The normalized spacial score (nSPS) is 11.6. The quantitative estimate of drug-likeness (QED) is 0.170. The molecule has 0 aliphatic rings. The van der Waals surface area contributed by atoms with Crippen LogP contribution in [0, 0.1) is 0 Å². The monoisotopic (exact) mass is 749 g/mol. The molecule has 3 aromatic heterocycles.